The molecule has 1 aromatic heterocycles. The number of nitrogens with zero attached hydrogens (tertiary/aromatic N) is 5. The number of hydrogen-bond donors (Lipinski definition) is 1. The predicted molar refractivity (Wildman–Crippen MR) is 149 cm³/mol. The molecular formula is C29H25ClF4N6O4. The van der Waals surface area contributed by atoms with E-state index in [9.17, 15) is 32.4 Å². The minimum Gasteiger partial charge on any atom is -0.351 e. The molecule has 5 rings (SSSR count). The Labute approximate surface area is 254 Å². The summed E-state index contributed by atoms with van der Waals surface area (Å²) in [5.74, 6) is -6.95. The van der Waals surface area contributed by atoms with Crippen LogP contribution < -0.4 is 15.1 Å². The average molecular weight is 633 g/mol. The Kier molecular flexibility index (Phi) is 9.00. The molecule has 0 spiro atoms. The maximum atomic E-state index is 14.7. The minimum atomic E-state index is -2.96. The van der Waals surface area contributed by atoms with Crippen molar-refractivity contribution in [3.05, 3.63) is 82.6 Å². The van der Waals surface area contributed by atoms with E-state index in [-0.39, 0.29) is 40.9 Å². The Hall–Kier alpha value is -4.32. The van der Waals surface area contributed by atoms with E-state index in [2.05, 4.69) is 15.3 Å². The number of nitrogens with one attached hydrogen (secondary N) is 1. The Bertz CT molecular complexity index is 1580. The zero-order valence-corrected chi connectivity index (χ0v) is 23.8. The van der Waals surface area contributed by atoms with E-state index in [1.807, 2.05) is 6.07 Å². The molecule has 1 aliphatic heterocycles. The van der Waals surface area contributed by atoms with E-state index in [1.54, 1.807) is 6.07 Å². The predicted octanol–water partition coefficient (Wildman–Crippen LogP) is 4.49. The highest BCUT2D eigenvalue weighted by atomic mass is 35.5. The van der Waals surface area contributed by atoms with Gasteiger partial charge >= 0.3 is 0 Å². The van der Waals surface area contributed by atoms with Gasteiger partial charge in [0.15, 0.2) is 0 Å². The van der Waals surface area contributed by atoms with Gasteiger partial charge in [-0.3, -0.25) is 19.4 Å². The summed E-state index contributed by atoms with van der Waals surface area (Å²) in [5, 5.41) is 12.0. The number of methoxy groups -OCH3 is 1. The second kappa shape index (κ2) is 12.7. The van der Waals surface area contributed by atoms with Crippen LogP contribution in [0.2, 0.25) is 5.02 Å². The van der Waals surface area contributed by atoms with Crippen molar-refractivity contribution in [3.8, 4) is 6.07 Å². The summed E-state index contributed by atoms with van der Waals surface area (Å²) in [4.78, 5) is 39.0. The van der Waals surface area contributed by atoms with E-state index < -0.39 is 66.8 Å². The number of carbonyl (C=O) groups excluding carboxylic acids is 2. The molecule has 3 aromatic rings. The van der Waals surface area contributed by atoms with Gasteiger partial charge in [0, 0.05) is 55.3 Å². The number of benzene rings is 2. The van der Waals surface area contributed by atoms with Gasteiger partial charge in [0.2, 0.25) is 18.3 Å². The molecule has 2 aliphatic rings. The number of halogens is 5. The summed E-state index contributed by atoms with van der Waals surface area (Å²) in [6.45, 7) is -0.0190. The molecule has 1 saturated carbocycles. The van der Waals surface area contributed by atoms with Crippen LogP contribution in [0.5, 0.6) is 0 Å². The van der Waals surface area contributed by atoms with Crippen LogP contribution >= 0.6 is 11.6 Å². The summed E-state index contributed by atoms with van der Waals surface area (Å²) >= 11 is 6.49. The lowest BCUT2D eigenvalue weighted by Crippen LogP contribution is -2.60. The van der Waals surface area contributed by atoms with E-state index >= 15 is 0 Å². The molecule has 1 N–H and O–H groups in total. The number of ether oxygens (including phenoxy) is 2. The molecule has 2 unspecified atom stereocenters. The summed E-state index contributed by atoms with van der Waals surface area (Å²) in [6.07, 6.45) is -1.21. The molecule has 0 bridgehead atoms. The van der Waals surface area contributed by atoms with Crippen molar-refractivity contribution >= 4 is 35.1 Å². The van der Waals surface area contributed by atoms with E-state index in [0.29, 0.717) is 6.07 Å². The van der Waals surface area contributed by atoms with Crippen molar-refractivity contribution in [3.63, 3.8) is 0 Å². The lowest BCUT2D eigenvalue weighted by Gasteiger charge is -2.43. The van der Waals surface area contributed by atoms with Crippen LogP contribution in [-0.2, 0) is 19.1 Å². The smallest absolute Gasteiger partial charge is 0.252 e. The highest BCUT2D eigenvalue weighted by Crippen LogP contribution is 2.39. The normalized spacial score (nSPS) is 20.2. The molecule has 1 saturated heterocycles. The molecule has 2 aromatic carbocycles. The fourth-order valence-corrected chi connectivity index (χ4v) is 5.46. The van der Waals surface area contributed by atoms with Gasteiger partial charge < -0.3 is 14.8 Å². The zero-order chi connectivity index (χ0) is 31.6. The van der Waals surface area contributed by atoms with Crippen LogP contribution in [0.3, 0.4) is 0 Å². The molecular weight excluding hydrogens is 608 g/mol. The number of amides is 2. The van der Waals surface area contributed by atoms with Crippen LogP contribution in [0, 0.1) is 23.0 Å². The number of aromatic nitrogens is 2. The highest BCUT2D eigenvalue weighted by Gasteiger charge is 2.48. The second-order valence-electron chi connectivity index (χ2n) is 10.2. The third-order valence-electron chi connectivity index (χ3n) is 7.20. The maximum Gasteiger partial charge on any atom is 0.252 e. The summed E-state index contributed by atoms with van der Waals surface area (Å²) in [7, 11) is 1.30. The monoisotopic (exact) mass is 632 g/mol. The number of hydrogen-bond acceptors (Lipinski definition) is 8. The fraction of sp³-hybridized carbons (Fsp3) is 0.345. The van der Waals surface area contributed by atoms with Gasteiger partial charge in [0.25, 0.3) is 11.8 Å². The van der Waals surface area contributed by atoms with E-state index in [1.165, 1.54) is 42.5 Å². The zero-order valence-electron chi connectivity index (χ0n) is 23.1. The summed E-state index contributed by atoms with van der Waals surface area (Å²) in [6, 6.07) is 7.70. The van der Waals surface area contributed by atoms with Gasteiger partial charge in [0.05, 0.1) is 12.3 Å². The molecule has 10 nitrogen and oxygen atoms in total. The Morgan fingerprint density at radius 3 is 2.55 bits per heavy atom. The van der Waals surface area contributed by atoms with Crippen molar-refractivity contribution < 1.29 is 36.6 Å². The number of carbonyl (C=O) groups is 2. The van der Waals surface area contributed by atoms with Gasteiger partial charge in [-0.05, 0) is 24.3 Å². The first-order chi connectivity index (χ1) is 21.0. The Balaban J connectivity index is 1.65. The van der Waals surface area contributed by atoms with Crippen molar-refractivity contribution in [1.29, 1.82) is 5.26 Å². The lowest BCUT2D eigenvalue weighted by molar-refractivity contribution is -0.155. The first-order valence-corrected chi connectivity index (χ1v) is 13.8. The molecule has 0 radical (unpaired) electrons. The van der Waals surface area contributed by atoms with Crippen LogP contribution in [0.25, 0.3) is 0 Å². The third kappa shape index (κ3) is 6.45. The first-order valence-electron chi connectivity index (χ1n) is 13.4. The summed E-state index contributed by atoms with van der Waals surface area (Å²) in [5.41, 5.74) is -0.310. The van der Waals surface area contributed by atoms with Crippen molar-refractivity contribution in [2.24, 2.45) is 0 Å². The van der Waals surface area contributed by atoms with Gasteiger partial charge in [-0.15, -0.1) is 0 Å². The first kappa shape index (κ1) is 31.1. The van der Waals surface area contributed by atoms with Crippen molar-refractivity contribution in [2.75, 3.05) is 23.5 Å². The second-order valence-corrected chi connectivity index (χ2v) is 10.6. The molecule has 2 amide bonds. The van der Waals surface area contributed by atoms with Crippen LogP contribution in [-0.4, -0.2) is 59.9 Å². The van der Waals surface area contributed by atoms with E-state index in [4.69, 9.17) is 21.1 Å². The molecule has 230 valence electrons. The van der Waals surface area contributed by atoms with Crippen LogP contribution in [0.1, 0.15) is 36.6 Å². The van der Waals surface area contributed by atoms with Gasteiger partial charge in [0.1, 0.15) is 35.5 Å². The average Bonchev–Trinajstić information content (AvgIpc) is 2.98. The van der Waals surface area contributed by atoms with E-state index in [0.717, 1.165) is 17.0 Å². The largest absolute Gasteiger partial charge is 0.351 e. The number of alkyl halides is 2. The maximum absolute atomic E-state index is 14.7. The molecule has 2 fully saturated rings. The summed E-state index contributed by atoms with van der Waals surface area (Å²) < 4.78 is 67.7. The standard InChI is InChI=1S/C29H25ClF4N6O4/c1-43-28-40(27-36-8-6-18(15-35)38-27)23(7-9-44-28)26(42)39(20-11-16(31)10-17(32)12-20)24(21-4-2-3-5-22(21)30)25(41)37-19-13-29(33,34)14-19/h2-6,8,10-12,19,23-24,28H,7,9,13-14H2,1H3,(H,37,41)/t23?,24-,28?/m0/s1. The third-order valence-corrected chi connectivity index (χ3v) is 7.54. The Morgan fingerprint density at radius 1 is 1.20 bits per heavy atom. The van der Waals surface area contributed by atoms with Crippen molar-refractivity contribution in [2.45, 2.75) is 49.7 Å². The van der Waals surface area contributed by atoms with Crippen LogP contribution in [0.15, 0.2) is 54.7 Å². The quantitative estimate of drug-likeness (QED) is 0.361. The van der Waals surface area contributed by atoms with Crippen LogP contribution in [0.4, 0.5) is 29.2 Å². The molecule has 44 heavy (non-hydrogen) atoms. The van der Waals surface area contributed by atoms with Crippen molar-refractivity contribution in [1.82, 2.24) is 15.3 Å². The fourth-order valence-electron chi connectivity index (χ4n) is 5.22. The minimum absolute atomic E-state index is 0.0190. The lowest BCUT2D eigenvalue weighted by atomic mass is 9.87. The number of anilines is 2. The Morgan fingerprint density at radius 2 is 1.91 bits per heavy atom. The molecule has 3 atom stereocenters. The SMILES string of the molecule is COC1OCCC(C(=O)N(c2cc(F)cc(F)c2)[C@H](C(=O)NC2CC(F)(F)C2)c2ccccc2Cl)N1c1nccc(C#N)n1. The van der Waals surface area contributed by atoms with Gasteiger partial charge in [-0.2, -0.15) is 5.26 Å². The molecule has 2 heterocycles. The topological polar surface area (TPSA) is 121 Å². The number of nitriles is 1. The van der Waals surface area contributed by atoms with Gasteiger partial charge in [-0.25, -0.2) is 27.5 Å². The van der Waals surface area contributed by atoms with Gasteiger partial charge in [-0.1, -0.05) is 29.8 Å². The molecule has 1 aliphatic carbocycles. The molecule has 15 heteroatoms. The number of rotatable bonds is 8. The highest BCUT2D eigenvalue weighted by molar-refractivity contribution is 6.31.